The lowest BCUT2D eigenvalue weighted by molar-refractivity contribution is -0.154. The van der Waals surface area contributed by atoms with E-state index in [-0.39, 0.29) is 29.9 Å². The Labute approximate surface area is 134 Å². The van der Waals surface area contributed by atoms with E-state index in [1.807, 2.05) is 0 Å². The highest BCUT2D eigenvalue weighted by Gasteiger charge is 2.57. The molecule has 1 spiro atoms. The number of rotatable bonds is 2. The van der Waals surface area contributed by atoms with Crippen LogP contribution < -0.4 is 0 Å². The second kappa shape index (κ2) is 5.26. The van der Waals surface area contributed by atoms with Crippen molar-refractivity contribution in [2.75, 3.05) is 0 Å². The first-order valence-electron chi connectivity index (χ1n) is 7.52. The second-order valence-corrected chi connectivity index (χ2v) is 7.93. The van der Waals surface area contributed by atoms with E-state index in [1.54, 1.807) is 19.1 Å². The van der Waals surface area contributed by atoms with Crippen LogP contribution in [0.3, 0.4) is 0 Å². The van der Waals surface area contributed by atoms with Crippen LogP contribution in [0.5, 0.6) is 0 Å². The zero-order valence-corrected chi connectivity index (χ0v) is 13.6. The van der Waals surface area contributed by atoms with E-state index in [2.05, 4.69) is 0 Å². The zero-order chi connectivity index (χ0) is 16.8. The summed E-state index contributed by atoms with van der Waals surface area (Å²) in [6.45, 7) is 1.81. The van der Waals surface area contributed by atoms with Crippen molar-refractivity contribution >= 4 is 27.6 Å². The molecule has 1 aliphatic heterocycles. The highest BCUT2D eigenvalue weighted by molar-refractivity contribution is 7.90. The number of nitrogens with zero attached hydrogens (tertiary/aromatic N) is 1. The largest absolute Gasteiger partial charge is 0.299 e. The Kier molecular flexibility index (Phi) is 3.63. The summed E-state index contributed by atoms with van der Waals surface area (Å²) in [7, 11) is -4.28. The van der Waals surface area contributed by atoms with Gasteiger partial charge in [-0.25, -0.2) is 8.42 Å². The Bertz CT molecular complexity index is 796. The first-order valence-corrected chi connectivity index (χ1v) is 8.96. The summed E-state index contributed by atoms with van der Waals surface area (Å²) in [5.74, 6) is -1.89. The lowest BCUT2D eigenvalue weighted by Gasteiger charge is -2.35. The average molecular weight is 335 g/mol. The molecular formula is C16H17NO5S. The molecular weight excluding hydrogens is 318 g/mol. The Morgan fingerprint density at radius 2 is 1.65 bits per heavy atom. The number of hydrogen-bond donors (Lipinski definition) is 0. The van der Waals surface area contributed by atoms with Gasteiger partial charge in [0, 0.05) is 12.8 Å². The number of imide groups is 1. The second-order valence-electron chi connectivity index (χ2n) is 6.14. The summed E-state index contributed by atoms with van der Waals surface area (Å²) in [4.78, 5) is 37.0. The minimum atomic E-state index is -4.28. The maximum atomic E-state index is 12.8. The van der Waals surface area contributed by atoms with Crippen molar-refractivity contribution in [2.24, 2.45) is 5.41 Å². The lowest BCUT2D eigenvalue weighted by Crippen LogP contribution is -2.55. The summed E-state index contributed by atoms with van der Waals surface area (Å²) in [5, 5.41) is 0. The van der Waals surface area contributed by atoms with Crippen LogP contribution in [0.1, 0.15) is 37.7 Å². The van der Waals surface area contributed by atoms with E-state index in [0.29, 0.717) is 17.1 Å². The molecule has 1 aromatic carbocycles. The molecule has 7 heteroatoms. The van der Waals surface area contributed by atoms with Gasteiger partial charge in [0.15, 0.2) is 0 Å². The van der Waals surface area contributed by atoms with Crippen molar-refractivity contribution in [3.05, 3.63) is 29.8 Å². The summed E-state index contributed by atoms with van der Waals surface area (Å²) in [6, 6.07) is 5.93. The SMILES string of the molecule is Cc1ccc(S(=O)(=O)N2C(=O)CC[C@@]3(CCCC3=O)C2=O)cc1. The van der Waals surface area contributed by atoms with Crippen LogP contribution >= 0.6 is 0 Å². The standard InChI is InChI=1S/C16H17NO5S/c1-11-4-6-12(7-5-11)23(21,22)17-14(19)8-10-16(15(17)20)9-2-3-13(16)18/h4-7H,2-3,8-10H2,1H3/t16-/m1/s1. The van der Waals surface area contributed by atoms with E-state index >= 15 is 0 Å². The van der Waals surface area contributed by atoms with E-state index in [1.165, 1.54) is 12.1 Å². The summed E-state index contributed by atoms with van der Waals surface area (Å²) in [5.41, 5.74) is -0.464. The summed E-state index contributed by atoms with van der Waals surface area (Å²) in [6.07, 6.45) is 1.14. The third-order valence-corrected chi connectivity index (χ3v) is 6.40. The Hall–Kier alpha value is -2.02. The molecule has 1 atom stereocenters. The molecule has 23 heavy (non-hydrogen) atoms. The Morgan fingerprint density at radius 3 is 2.22 bits per heavy atom. The van der Waals surface area contributed by atoms with Crippen LogP contribution in [-0.4, -0.2) is 30.3 Å². The van der Waals surface area contributed by atoms with Crippen molar-refractivity contribution in [3.63, 3.8) is 0 Å². The molecule has 0 bridgehead atoms. The monoisotopic (exact) mass is 335 g/mol. The van der Waals surface area contributed by atoms with Gasteiger partial charge in [0.2, 0.25) is 5.91 Å². The first-order chi connectivity index (χ1) is 10.8. The molecule has 0 aromatic heterocycles. The van der Waals surface area contributed by atoms with Gasteiger partial charge in [-0.3, -0.25) is 14.4 Å². The Balaban J connectivity index is 2.06. The van der Waals surface area contributed by atoms with E-state index in [9.17, 15) is 22.8 Å². The molecule has 0 radical (unpaired) electrons. The minimum absolute atomic E-state index is 0.109. The molecule has 2 fully saturated rings. The number of piperidine rings is 1. The van der Waals surface area contributed by atoms with Crippen LogP contribution in [0.2, 0.25) is 0 Å². The minimum Gasteiger partial charge on any atom is -0.299 e. The fourth-order valence-electron chi connectivity index (χ4n) is 3.32. The predicted octanol–water partition coefficient (Wildman–Crippen LogP) is 1.57. The number of ketones is 1. The number of amides is 2. The number of hydrogen-bond acceptors (Lipinski definition) is 5. The first kappa shape index (κ1) is 15.9. The normalized spacial score (nSPS) is 25.4. The quantitative estimate of drug-likeness (QED) is 0.605. The van der Waals surface area contributed by atoms with Crippen LogP contribution in [-0.2, 0) is 24.4 Å². The molecule has 0 N–H and O–H groups in total. The molecule has 2 amide bonds. The summed E-state index contributed by atoms with van der Waals surface area (Å²) >= 11 is 0. The maximum absolute atomic E-state index is 12.8. The third kappa shape index (κ3) is 2.30. The van der Waals surface area contributed by atoms with Gasteiger partial charge in [-0.15, -0.1) is 0 Å². The van der Waals surface area contributed by atoms with Crippen molar-refractivity contribution < 1.29 is 22.8 Å². The number of aryl methyl sites for hydroxylation is 1. The van der Waals surface area contributed by atoms with Gasteiger partial charge in [-0.05, 0) is 38.3 Å². The summed E-state index contributed by atoms with van der Waals surface area (Å²) < 4.78 is 25.8. The van der Waals surface area contributed by atoms with Crippen LogP contribution in [0.4, 0.5) is 0 Å². The van der Waals surface area contributed by atoms with Crippen molar-refractivity contribution in [2.45, 2.75) is 43.9 Å². The smallest absolute Gasteiger partial charge is 0.273 e. The molecule has 1 heterocycles. The van der Waals surface area contributed by atoms with Crippen LogP contribution in [0.25, 0.3) is 0 Å². The highest BCUT2D eigenvalue weighted by Crippen LogP contribution is 2.44. The zero-order valence-electron chi connectivity index (χ0n) is 12.7. The fraction of sp³-hybridized carbons (Fsp3) is 0.438. The topological polar surface area (TPSA) is 88.6 Å². The average Bonchev–Trinajstić information content (AvgIpc) is 2.86. The third-order valence-electron chi connectivity index (χ3n) is 4.69. The van der Waals surface area contributed by atoms with E-state index < -0.39 is 27.3 Å². The van der Waals surface area contributed by atoms with Crippen molar-refractivity contribution in [1.29, 1.82) is 0 Å². The van der Waals surface area contributed by atoms with Gasteiger partial charge in [0.1, 0.15) is 11.2 Å². The molecule has 0 unspecified atom stereocenters. The van der Waals surface area contributed by atoms with E-state index in [4.69, 9.17) is 0 Å². The van der Waals surface area contributed by atoms with Gasteiger partial charge in [-0.1, -0.05) is 17.7 Å². The molecule has 3 rings (SSSR count). The number of sulfonamides is 1. The molecule has 6 nitrogen and oxygen atoms in total. The molecule has 1 aromatic rings. The maximum Gasteiger partial charge on any atom is 0.273 e. The van der Waals surface area contributed by atoms with Gasteiger partial charge in [0.25, 0.3) is 15.9 Å². The predicted molar refractivity (Wildman–Crippen MR) is 80.7 cm³/mol. The van der Waals surface area contributed by atoms with Crippen molar-refractivity contribution in [1.82, 2.24) is 4.31 Å². The molecule has 1 aliphatic carbocycles. The van der Waals surface area contributed by atoms with E-state index in [0.717, 1.165) is 5.56 Å². The number of Topliss-reactive ketones (excluding diaryl/α,β-unsaturated/α-hetero) is 1. The van der Waals surface area contributed by atoms with Crippen LogP contribution in [0.15, 0.2) is 29.2 Å². The molecule has 2 aliphatic rings. The fourth-order valence-corrected chi connectivity index (χ4v) is 4.76. The van der Waals surface area contributed by atoms with Gasteiger partial charge >= 0.3 is 0 Å². The van der Waals surface area contributed by atoms with Gasteiger partial charge in [0.05, 0.1) is 4.90 Å². The Morgan fingerprint density at radius 1 is 1.00 bits per heavy atom. The number of carbonyl (C=O) groups is 3. The highest BCUT2D eigenvalue weighted by atomic mass is 32.2. The lowest BCUT2D eigenvalue weighted by atomic mass is 9.77. The number of benzene rings is 1. The van der Waals surface area contributed by atoms with Gasteiger partial charge in [-0.2, -0.15) is 4.31 Å². The molecule has 1 saturated carbocycles. The van der Waals surface area contributed by atoms with Crippen molar-refractivity contribution in [3.8, 4) is 0 Å². The molecule has 122 valence electrons. The van der Waals surface area contributed by atoms with Crippen LogP contribution in [0, 0.1) is 12.3 Å². The molecule has 1 saturated heterocycles. The van der Waals surface area contributed by atoms with Gasteiger partial charge < -0.3 is 0 Å². The number of carbonyl (C=O) groups excluding carboxylic acids is 3.